The van der Waals surface area contributed by atoms with Gasteiger partial charge in [-0.1, -0.05) is 17.7 Å². The first-order chi connectivity index (χ1) is 12.8. The summed E-state index contributed by atoms with van der Waals surface area (Å²) in [4.78, 5) is 11.8. The minimum atomic E-state index is -3.79. The van der Waals surface area contributed by atoms with Gasteiger partial charge < -0.3 is 4.90 Å². The fraction of sp³-hybridized carbons (Fsp3) is 0.368. The molecule has 0 aliphatic carbocycles. The molecule has 8 heteroatoms. The zero-order chi connectivity index (χ0) is 19.3. The van der Waals surface area contributed by atoms with E-state index in [0.29, 0.717) is 0 Å². The van der Waals surface area contributed by atoms with Crippen molar-refractivity contribution in [1.29, 1.82) is 0 Å². The fourth-order valence-corrected chi connectivity index (χ4v) is 6.06. The Morgan fingerprint density at radius 2 is 1.89 bits per heavy atom. The van der Waals surface area contributed by atoms with Gasteiger partial charge in [0.05, 0.1) is 47.6 Å². The maximum absolute atomic E-state index is 13.4. The lowest BCUT2D eigenvalue weighted by atomic mass is 9.89. The van der Waals surface area contributed by atoms with Crippen LogP contribution in [0.3, 0.4) is 0 Å². The molecule has 0 bridgehead atoms. The highest BCUT2D eigenvalue weighted by atomic mass is 32.2. The van der Waals surface area contributed by atoms with E-state index in [9.17, 15) is 18.5 Å². The van der Waals surface area contributed by atoms with E-state index in [4.69, 9.17) is 0 Å². The van der Waals surface area contributed by atoms with Gasteiger partial charge in [-0.25, -0.2) is 8.42 Å². The Labute approximate surface area is 158 Å². The third-order valence-electron chi connectivity index (χ3n) is 5.63. The first-order valence-corrected chi connectivity index (χ1v) is 10.4. The highest BCUT2D eigenvalue weighted by Gasteiger charge is 2.48. The molecule has 1 fully saturated rings. The molecule has 3 atom stereocenters. The molecular formula is C19H22N3O4S+. The molecule has 0 spiro atoms. The SMILES string of the molecule is Cc1ccc2c(c1)[C@H]1C[NH+](C)CC[C@@H]1N2S(=O)(=O)c1ccc([N+](=O)[O-])cc1. The lowest BCUT2D eigenvalue weighted by Gasteiger charge is -2.34. The molecule has 2 heterocycles. The van der Waals surface area contributed by atoms with Crippen LogP contribution < -0.4 is 9.21 Å². The number of hydrogen-bond acceptors (Lipinski definition) is 4. The number of anilines is 1. The van der Waals surface area contributed by atoms with E-state index >= 15 is 0 Å². The zero-order valence-corrected chi connectivity index (χ0v) is 16.1. The Hall–Kier alpha value is -2.45. The van der Waals surface area contributed by atoms with Crippen molar-refractivity contribution in [2.75, 3.05) is 24.4 Å². The van der Waals surface area contributed by atoms with E-state index in [1.54, 1.807) is 4.31 Å². The number of nitrogens with zero attached hydrogens (tertiary/aromatic N) is 2. The number of piperidine rings is 1. The monoisotopic (exact) mass is 388 g/mol. The summed E-state index contributed by atoms with van der Waals surface area (Å²) in [5.74, 6) is 0.168. The van der Waals surface area contributed by atoms with Gasteiger partial charge in [0.15, 0.2) is 0 Å². The quantitative estimate of drug-likeness (QED) is 0.638. The molecule has 2 aromatic rings. The molecule has 0 radical (unpaired) electrons. The molecule has 0 saturated carbocycles. The van der Waals surface area contributed by atoms with Gasteiger partial charge in [0.25, 0.3) is 15.7 Å². The lowest BCUT2D eigenvalue weighted by molar-refractivity contribution is -0.886. The lowest BCUT2D eigenvalue weighted by Crippen LogP contribution is -3.11. The number of sulfonamides is 1. The Kier molecular flexibility index (Phi) is 4.20. The molecule has 142 valence electrons. The second-order valence-electron chi connectivity index (χ2n) is 7.49. The molecule has 1 saturated heterocycles. The van der Waals surface area contributed by atoms with E-state index in [1.807, 2.05) is 19.1 Å². The highest BCUT2D eigenvalue weighted by Crippen LogP contribution is 2.45. The molecule has 27 heavy (non-hydrogen) atoms. The number of likely N-dealkylation sites (tertiary alicyclic amines) is 1. The average molecular weight is 388 g/mol. The van der Waals surface area contributed by atoms with Crippen LogP contribution in [-0.2, 0) is 10.0 Å². The van der Waals surface area contributed by atoms with Crippen molar-refractivity contribution in [3.63, 3.8) is 0 Å². The molecule has 2 aromatic carbocycles. The van der Waals surface area contributed by atoms with Crippen LogP contribution in [0.25, 0.3) is 0 Å². The number of nitrogens with one attached hydrogen (secondary N) is 1. The van der Waals surface area contributed by atoms with Gasteiger partial charge >= 0.3 is 0 Å². The van der Waals surface area contributed by atoms with Crippen molar-refractivity contribution in [2.24, 2.45) is 0 Å². The van der Waals surface area contributed by atoms with E-state index in [1.165, 1.54) is 29.2 Å². The van der Waals surface area contributed by atoms with Crippen molar-refractivity contribution >= 4 is 21.4 Å². The summed E-state index contributed by atoms with van der Waals surface area (Å²) in [6, 6.07) is 11.0. The Balaban J connectivity index is 1.81. The third kappa shape index (κ3) is 2.89. The maximum atomic E-state index is 13.4. The van der Waals surface area contributed by atoms with Gasteiger partial charge in [0, 0.05) is 18.6 Å². The summed E-state index contributed by atoms with van der Waals surface area (Å²) < 4.78 is 28.5. The van der Waals surface area contributed by atoms with Gasteiger partial charge in [-0.2, -0.15) is 0 Å². The molecule has 0 aromatic heterocycles. The minimum Gasteiger partial charge on any atom is -0.337 e. The fourth-order valence-electron chi connectivity index (χ4n) is 4.32. The van der Waals surface area contributed by atoms with Crippen molar-refractivity contribution in [3.05, 3.63) is 63.7 Å². The summed E-state index contributed by atoms with van der Waals surface area (Å²) in [6.45, 7) is 3.83. The number of fused-ring (bicyclic) bond motifs is 3. The Morgan fingerprint density at radius 3 is 2.56 bits per heavy atom. The summed E-state index contributed by atoms with van der Waals surface area (Å²) in [5.41, 5.74) is 2.82. The minimum absolute atomic E-state index is 0.0894. The van der Waals surface area contributed by atoms with Gasteiger partial charge in [-0.15, -0.1) is 0 Å². The van der Waals surface area contributed by atoms with Crippen LogP contribution in [0.2, 0.25) is 0 Å². The van der Waals surface area contributed by atoms with Gasteiger partial charge in [-0.3, -0.25) is 14.4 Å². The van der Waals surface area contributed by atoms with E-state index < -0.39 is 14.9 Å². The average Bonchev–Trinajstić information content (AvgIpc) is 2.95. The normalized spacial score (nSPS) is 24.4. The number of rotatable bonds is 3. The summed E-state index contributed by atoms with van der Waals surface area (Å²) in [6.07, 6.45) is 0.788. The number of likely N-dealkylation sites (N-methyl/N-ethyl adjacent to an activating group) is 1. The molecular weight excluding hydrogens is 366 g/mol. The number of quaternary nitrogens is 1. The standard InChI is InChI=1S/C19H21N3O4S/c1-13-3-8-18-16(11-13)17-12-20(2)10-9-19(17)21(18)27(25,26)15-6-4-14(5-7-15)22(23)24/h3-8,11,17,19H,9-10,12H2,1-2H3/p+1/t17-,19+/m1/s1. The van der Waals surface area contributed by atoms with Crippen LogP contribution >= 0.6 is 0 Å². The second kappa shape index (κ2) is 6.31. The molecule has 4 rings (SSSR count). The first kappa shape index (κ1) is 17.9. The van der Waals surface area contributed by atoms with Gasteiger partial charge in [0.1, 0.15) is 0 Å². The first-order valence-electron chi connectivity index (χ1n) is 9.00. The van der Waals surface area contributed by atoms with E-state index in [0.717, 1.165) is 36.3 Å². The number of aryl methyl sites for hydroxylation is 1. The number of benzene rings is 2. The van der Waals surface area contributed by atoms with Crippen LogP contribution in [0, 0.1) is 17.0 Å². The summed E-state index contributed by atoms with van der Waals surface area (Å²) in [5, 5.41) is 10.9. The predicted octanol–water partition coefficient (Wildman–Crippen LogP) is 1.48. The molecule has 7 nitrogen and oxygen atoms in total. The molecule has 2 aliphatic rings. The second-order valence-corrected chi connectivity index (χ2v) is 9.30. The number of nitro groups is 1. The molecule has 1 N–H and O–H groups in total. The molecule has 2 aliphatic heterocycles. The van der Waals surface area contributed by atoms with Crippen molar-refractivity contribution < 1.29 is 18.2 Å². The largest absolute Gasteiger partial charge is 0.337 e. The maximum Gasteiger partial charge on any atom is 0.269 e. The zero-order valence-electron chi connectivity index (χ0n) is 15.3. The van der Waals surface area contributed by atoms with E-state index in [2.05, 4.69) is 13.1 Å². The number of hydrogen-bond donors (Lipinski definition) is 1. The molecule has 1 unspecified atom stereocenters. The van der Waals surface area contributed by atoms with Crippen molar-refractivity contribution in [1.82, 2.24) is 0 Å². The topological polar surface area (TPSA) is 85.0 Å². The van der Waals surface area contributed by atoms with Gasteiger partial charge in [0.2, 0.25) is 0 Å². The smallest absolute Gasteiger partial charge is 0.269 e. The van der Waals surface area contributed by atoms with Crippen molar-refractivity contribution in [2.45, 2.75) is 30.2 Å². The Morgan fingerprint density at radius 1 is 1.19 bits per heavy atom. The van der Waals surface area contributed by atoms with E-state index in [-0.39, 0.29) is 22.5 Å². The molecule has 0 amide bonds. The van der Waals surface area contributed by atoms with Gasteiger partial charge in [-0.05, 0) is 30.7 Å². The number of nitro benzene ring substituents is 1. The summed E-state index contributed by atoms with van der Waals surface area (Å²) in [7, 11) is -1.66. The predicted molar refractivity (Wildman–Crippen MR) is 102 cm³/mol. The summed E-state index contributed by atoms with van der Waals surface area (Å²) >= 11 is 0. The van der Waals surface area contributed by atoms with Crippen LogP contribution in [0.15, 0.2) is 47.4 Å². The Bertz CT molecular complexity index is 1000. The van der Waals surface area contributed by atoms with Crippen LogP contribution in [-0.4, -0.2) is 39.5 Å². The highest BCUT2D eigenvalue weighted by molar-refractivity contribution is 7.92. The van der Waals surface area contributed by atoms with Crippen LogP contribution in [0.4, 0.5) is 11.4 Å². The van der Waals surface area contributed by atoms with Crippen LogP contribution in [0.5, 0.6) is 0 Å². The van der Waals surface area contributed by atoms with Crippen molar-refractivity contribution in [3.8, 4) is 0 Å². The van der Waals surface area contributed by atoms with Crippen LogP contribution in [0.1, 0.15) is 23.5 Å². The number of non-ortho nitro benzene ring substituents is 1. The third-order valence-corrected chi connectivity index (χ3v) is 7.48.